The Bertz CT molecular complexity index is 1360. The molecule has 0 spiro atoms. The van der Waals surface area contributed by atoms with Crippen molar-refractivity contribution in [1.29, 1.82) is 0 Å². The minimum Gasteiger partial charge on any atom is -0.465 e. The number of benzene rings is 1. The predicted molar refractivity (Wildman–Crippen MR) is 110 cm³/mol. The number of amides is 1. The van der Waals surface area contributed by atoms with Crippen LogP contribution >= 0.6 is 11.6 Å². The third-order valence-electron chi connectivity index (χ3n) is 5.18. The van der Waals surface area contributed by atoms with E-state index >= 15 is 0 Å². The first-order valence-corrected chi connectivity index (χ1v) is 11.4. The summed E-state index contributed by atoms with van der Waals surface area (Å²) < 4.78 is 73.9. The molecule has 1 aromatic carbocycles. The lowest BCUT2D eigenvalue weighted by Crippen LogP contribution is -2.45. The lowest BCUT2D eigenvalue weighted by atomic mass is 10.0. The van der Waals surface area contributed by atoms with Crippen molar-refractivity contribution in [2.75, 3.05) is 19.7 Å². The van der Waals surface area contributed by atoms with Gasteiger partial charge in [-0.3, -0.25) is 0 Å². The van der Waals surface area contributed by atoms with Crippen molar-refractivity contribution in [3.05, 3.63) is 52.6 Å². The lowest BCUT2D eigenvalue weighted by molar-refractivity contribution is -0.0214. The van der Waals surface area contributed by atoms with E-state index in [4.69, 9.17) is 21.5 Å². The Kier molecular flexibility index (Phi) is 5.99. The Hall–Kier alpha value is -2.87. The molecular formula is C19H16ClF3N4O5S. The number of sulfonamides is 1. The highest BCUT2D eigenvalue weighted by Gasteiger charge is 2.29. The van der Waals surface area contributed by atoms with Gasteiger partial charge in [0.15, 0.2) is 5.82 Å². The van der Waals surface area contributed by atoms with Crippen LogP contribution in [0.5, 0.6) is 0 Å². The zero-order valence-electron chi connectivity index (χ0n) is 16.6. The molecule has 1 amide bonds. The molecule has 0 saturated carbocycles. The van der Waals surface area contributed by atoms with Crippen LogP contribution in [0.1, 0.15) is 5.69 Å². The van der Waals surface area contributed by atoms with Gasteiger partial charge in [0.05, 0.1) is 46.1 Å². The van der Waals surface area contributed by atoms with Crippen molar-refractivity contribution < 1.29 is 36.2 Å². The normalized spacial score (nSPS) is 17.0. The van der Waals surface area contributed by atoms with Gasteiger partial charge in [0, 0.05) is 25.2 Å². The first kappa shape index (κ1) is 23.3. The molecule has 0 radical (unpaired) electrons. The van der Waals surface area contributed by atoms with Gasteiger partial charge < -0.3 is 19.1 Å². The number of carboxylic acid groups (broad SMARTS) is 1. The second-order valence-electron chi connectivity index (χ2n) is 7.34. The average molecular weight is 505 g/mol. The highest BCUT2D eigenvalue weighted by molar-refractivity contribution is 7.89. The number of ether oxygens (including phenoxy) is 1. The van der Waals surface area contributed by atoms with Crippen molar-refractivity contribution in [2.45, 2.75) is 17.4 Å². The Morgan fingerprint density at radius 3 is 2.52 bits per heavy atom. The quantitative estimate of drug-likeness (QED) is 0.562. The molecule has 1 aliphatic heterocycles. The van der Waals surface area contributed by atoms with Crippen LogP contribution in [0.3, 0.4) is 0 Å². The van der Waals surface area contributed by atoms with E-state index < -0.39 is 50.1 Å². The highest BCUT2D eigenvalue weighted by atomic mass is 35.5. The molecule has 1 unspecified atom stereocenters. The van der Waals surface area contributed by atoms with Crippen LogP contribution in [0.15, 0.2) is 29.3 Å². The third-order valence-corrected chi connectivity index (χ3v) is 6.36. The average Bonchev–Trinajstić information content (AvgIpc) is 3.04. The van der Waals surface area contributed by atoms with Gasteiger partial charge in [0.25, 0.3) is 0 Å². The van der Waals surface area contributed by atoms with Crippen molar-refractivity contribution in [2.24, 2.45) is 5.14 Å². The molecule has 176 valence electrons. The van der Waals surface area contributed by atoms with Crippen LogP contribution < -0.4 is 5.14 Å². The fourth-order valence-electron chi connectivity index (χ4n) is 3.66. The van der Waals surface area contributed by atoms with Crippen molar-refractivity contribution in [3.63, 3.8) is 0 Å². The van der Waals surface area contributed by atoms with Gasteiger partial charge in [-0.15, -0.1) is 0 Å². The van der Waals surface area contributed by atoms with Gasteiger partial charge >= 0.3 is 6.09 Å². The molecule has 3 heterocycles. The Morgan fingerprint density at radius 1 is 1.24 bits per heavy atom. The van der Waals surface area contributed by atoms with E-state index in [-0.39, 0.29) is 48.2 Å². The summed E-state index contributed by atoms with van der Waals surface area (Å²) in [7, 11) is -4.38. The number of fused-ring (bicyclic) bond motifs is 1. The summed E-state index contributed by atoms with van der Waals surface area (Å²) >= 11 is 5.82. The number of nitrogens with zero attached hydrogens (tertiary/aromatic N) is 3. The summed E-state index contributed by atoms with van der Waals surface area (Å²) in [5.74, 6) is -3.34. The molecule has 9 nitrogen and oxygen atoms in total. The number of pyridine rings is 1. The number of hydrogen-bond acceptors (Lipinski definition) is 5. The molecule has 0 bridgehead atoms. The Labute approximate surface area is 190 Å². The lowest BCUT2D eigenvalue weighted by Gasteiger charge is -2.31. The number of halogens is 4. The van der Waals surface area contributed by atoms with Gasteiger partial charge in [0.2, 0.25) is 10.0 Å². The number of primary sulfonamides is 1. The number of aromatic nitrogens is 2. The molecule has 33 heavy (non-hydrogen) atoms. The molecule has 1 aliphatic rings. The maximum atomic E-state index is 14.9. The molecular weight excluding hydrogens is 489 g/mol. The largest absolute Gasteiger partial charge is 0.465 e. The van der Waals surface area contributed by atoms with Crippen LogP contribution in [0.4, 0.5) is 18.0 Å². The summed E-state index contributed by atoms with van der Waals surface area (Å²) in [4.78, 5) is 15.9. The SMILES string of the molecule is NS(=O)(=O)c1cc(F)c(-c2nc3cc(Cl)c(F)cn3c2CC2CN(C(=O)O)CCO2)c(F)c1. The van der Waals surface area contributed by atoms with Gasteiger partial charge in [-0.05, 0) is 12.1 Å². The second-order valence-corrected chi connectivity index (χ2v) is 9.31. The number of morpholine rings is 1. The summed E-state index contributed by atoms with van der Waals surface area (Å²) in [6, 6.07) is 2.26. The van der Waals surface area contributed by atoms with Crippen molar-refractivity contribution in [1.82, 2.24) is 14.3 Å². The summed E-state index contributed by atoms with van der Waals surface area (Å²) in [5.41, 5.74) is -0.738. The third kappa shape index (κ3) is 4.49. The van der Waals surface area contributed by atoms with Gasteiger partial charge in [-0.25, -0.2) is 36.5 Å². The second kappa shape index (κ2) is 8.48. The van der Waals surface area contributed by atoms with E-state index in [0.29, 0.717) is 12.1 Å². The van der Waals surface area contributed by atoms with Crippen molar-refractivity contribution in [3.8, 4) is 11.3 Å². The molecule has 3 aromatic rings. The summed E-state index contributed by atoms with van der Waals surface area (Å²) in [6.07, 6.45) is -0.982. The molecule has 4 rings (SSSR count). The van der Waals surface area contributed by atoms with Crippen LogP contribution in [0.2, 0.25) is 5.02 Å². The Balaban J connectivity index is 1.88. The van der Waals surface area contributed by atoms with Crippen LogP contribution in [0, 0.1) is 17.5 Å². The van der Waals surface area contributed by atoms with E-state index in [1.165, 1.54) is 4.40 Å². The topological polar surface area (TPSA) is 127 Å². The maximum Gasteiger partial charge on any atom is 0.407 e. The predicted octanol–water partition coefficient (Wildman–Crippen LogP) is 2.64. The number of rotatable bonds is 4. The van der Waals surface area contributed by atoms with Gasteiger partial charge in [-0.2, -0.15) is 0 Å². The van der Waals surface area contributed by atoms with E-state index in [2.05, 4.69) is 4.98 Å². The first-order chi connectivity index (χ1) is 15.5. The Morgan fingerprint density at radius 2 is 1.91 bits per heavy atom. The number of imidazole rings is 1. The van der Waals surface area contributed by atoms with E-state index in [0.717, 1.165) is 17.2 Å². The molecule has 1 saturated heterocycles. The number of carbonyl (C=O) groups is 1. The number of hydrogen-bond donors (Lipinski definition) is 2. The molecule has 2 aromatic heterocycles. The van der Waals surface area contributed by atoms with Crippen molar-refractivity contribution >= 4 is 33.4 Å². The zero-order valence-corrected chi connectivity index (χ0v) is 18.2. The first-order valence-electron chi connectivity index (χ1n) is 9.43. The number of nitrogens with two attached hydrogens (primary N) is 1. The minimum absolute atomic E-state index is 0.0343. The smallest absolute Gasteiger partial charge is 0.407 e. The van der Waals surface area contributed by atoms with Gasteiger partial charge in [0.1, 0.15) is 17.3 Å². The molecule has 1 atom stereocenters. The monoisotopic (exact) mass is 504 g/mol. The minimum atomic E-state index is -4.38. The molecule has 1 fully saturated rings. The standard InChI is InChI=1S/C19H16ClF3N4O5S/c20-11-6-16-25-18(17-12(21)4-10(5-13(17)22)33(24,30)31)15(27(16)8-14(11)23)3-9-7-26(19(28)29)1-2-32-9/h4-6,8-9H,1-3,7H2,(H,28,29)(H2,24,30,31). The zero-order chi connectivity index (χ0) is 24.1. The summed E-state index contributed by atoms with van der Waals surface area (Å²) in [6.45, 7) is 0.205. The van der Waals surface area contributed by atoms with E-state index in [1.807, 2.05) is 0 Å². The fraction of sp³-hybridized carbons (Fsp3) is 0.263. The van der Waals surface area contributed by atoms with Crippen LogP contribution in [0.25, 0.3) is 16.9 Å². The van der Waals surface area contributed by atoms with Crippen LogP contribution in [-0.4, -0.2) is 59.7 Å². The van der Waals surface area contributed by atoms with Gasteiger partial charge in [-0.1, -0.05) is 11.6 Å². The highest BCUT2D eigenvalue weighted by Crippen LogP contribution is 2.33. The molecule has 3 N–H and O–H groups in total. The summed E-state index contributed by atoms with van der Waals surface area (Å²) in [5, 5.41) is 13.9. The molecule has 0 aliphatic carbocycles. The fourth-order valence-corrected chi connectivity index (χ4v) is 4.34. The van der Waals surface area contributed by atoms with E-state index in [9.17, 15) is 31.5 Å². The molecule has 14 heteroatoms. The van der Waals surface area contributed by atoms with Crippen LogP contribution in [-0.2, 0) is 21.2 Å². The maximum absolute atomic E-state index is 14.9. The van der Waals surface area contributed by atoms with E-state index in [1.54, 1.807) is 0 Å².